The molecule has 0 bridgehead atoms. The van der Waals surface area contributed by atoms with E-state index in [4.69, 9.17) is 14.7 Å². The molecule has 1 unspecified atom stereocenters. The second-order valence-corrected chi connectivity index (χ2v) is 9.11. The number of nitrogens with one attached hydrogen (secondary N) is 2. The molecule has 0 saturated carbocycles. The van der Waals surface area contributed by atoms with Crippen LogP contribution >= 0.6 is 0 Å². The SMILES string of the molecule is CCNC(=O)Nc1ccc(-c2nc3c(c(N4CCOCC4C)n2)CCN(c2ccnc(C)n2)C3)cc1. The molecule has 0 radical (unpaired) electrons. The number of ether oxygens (including phenoxy) is 1. The molecule has 0 spiro atoms. The van der Waals surface area contributed by atoms with E-state index in [0.29, 0.717) is 32.1 Å². The maximum Gasteiger partial charge on any atom is 0.319 e. The van der Waals surface area contributed by atoms with Crippen molar-refractivity contribution < 1.29 is 9.53 Å². The van der Waals surface area contributed by atoms with Gasteiger partial charge in [-0.05, 0) is 57.5 Å². The van der Waals surface area contributed by atoms with E-state index in [1.165, 1.54) is 5.56 Å². The molecule has 2 N–H and O–H groups in total. The summed E-state index contributed by atoms with van der Waals surface area (Å²) in [7, 11) is 0. The van der Waals surface area contributed by atoms with Crippen LogP contribution in [0.15, 0.2) is 36.5 Å². The van der Waals surface area contributed by atoms with E-state index in [9.17, 15) is 4.79 Å². The van der Waals surface area contributed by atoms with Gasteiger partial charge in [-0.15, -0.1) is 0 Å². The van der Waals surface area contributed by atoms with E-state index in [-0.39, 0.29) is 12.1 Å². The Morgan fingerprint density at radius 1 is 1.14 bits per heavy atom. The van der Waals surface area contributed by atoms with Crippen molar-refractivity contribution in [2.75, 3.05) is 48.0 Å². The summed E-state index contributed by atoms with van der Waals surface area (Å²) in [5.74, 6) is 3.34. The zero-order valence-corrected chi connectivity index (χ0v) is 21.0. The van der Waals surface area contributed by atoms with Crippen LogP contribution in [-0.2, 0) is 17.7 Å². The minimum atomic E-state index is -0.223. The summed E-state index contributed by atoms with van der Waals surface area (Å²) in [6.07, 6.45) is 2.64. The van der Waals surface area contributed by atoms with Crippen LogP contribution in [-0.4, -0.2) is 64.9 Å². The number of carbonyl (C=O) groups excluding carboxylic acids is 1. The summed E-state index contributed by atoms with van der Waals surface area (Å²) in [6, 6.07) is 9.61. The van der Waals surface area contributed by atoms with E-state index < -0.39 is 0 Å². The lowest BCUT2D eigenvalue weighted by Gasteiger charge is -2.38. The second kappa shape index (κ2) is 10.4. The first-order chi connectivity index (χ1) is 17.5. The minimum Gasteiger partial charge on any atom is -0.377 e. The quantitative estimate of drug-likeness (QED) is 0.564. The van der Waals surface area contributed by atoms with Gasteiger partial charge in [-0.1, -0.05) is 0 Å². The number of rotatable bonds is 5. The fraction of sp³-hybridized carbons (Fsp3) is 0.423. The molecular weight excluding hydrogens is 456 g/mol. The lowest BCUT2D eigenvalue weighted by Crippen LogP contribution is -2.45. The zero-order valence-electron chi connectivity index (χ0n) is 21.0. The maximum atomic E-state index is 11.9. The molecular formula is C26H32N8O2. The predicted octanol–water partition coefficient (Wildman–Crippen LogP) is 3.17. The minimum absolute atomic E-state index is 0.223. The summed E-state index contributed by atoms with van der Waals surface area (Å²) in [6.45, 7) is 10.2. The van der Waals surface area contributed by atoms with E-state index >= 15 is 0 Å². The molecule has 2 amide bonds. The standard InChI is InChI=1S/C26H32N8O2/c1-4-27-26(35)30-20-7-5-19(6-8-20)24-31-22-15-33(23-9-11-28-18(3)29-23)12-10-21(22)25(32-24)34-13-14-36-16-17(34)2/h5-9,11,17H,4,10,12-16H2,1-3H3,(H2,27,30,35). The van der Waals surface area contributed by atoms with Gasteiger partial charge in [-0.25, -0.2) is 24.7 Å². The average Bonchev–Trinajstić information content (AvgIpc) is 2.88. The zero-order chi connectivity index (χ0) is 25.1. The van der Waals surface area contributed by atoms with Crippen molar-refractivity contribution in [3.63, 3.8) is 0 Å². The third-order valence-electron chi connectivity index (χ3n) is 6.51. The normalized spacial score (nSPS) is 17.5. The van der Waals surface area contributed by atoms with E-state index in [1.54, 1.807) is 6.20 Å². The molecule has 5 rings (SSSR count). The van der Waals surface area contributed by atoms with Crippen molar-refractivity contribution in [3.8, 4) is 11.4 Å². The van der Waals surface area contributed by atoms with Gasteiger partial charge in [0.05, 0.1) is 31.5 Å². The Kier molecular flexibility index (Phi) is 6.95. The molecule has 2 aliphatic heterocycles. The van der Waals surface area contributed by atoms with Gasteiger partial charge >= 0.3 is 6.03 Å². The van der Waals surface area contributed by atoms with Gasteiger partial charge in [0.25, 0.3) is 0 Å². The summed E-state index contributed by atoms with van der Waals surface area (Å²) in [5.41, 5.74) is 3.83. The fourth-order valence-corrected chi connectivity index (χ4v) is 4.67. The van der Waals surface area contributed by atoms with Crippen molar-refractivity contribution >= 4 is 23.4 Å². The number of fused-ring (bicyclic) bond motifs is 1. The number of anilines is 3. The average molecular weight is 489 g/mol. The van der Waals surface area contributed by atoms with Gasteiger partial charge in [-0.3, -0.25) is 0 Å². The largest absolute Gasteiger partial charge is 0.377 e. The number of aryl methyl sites for hydroxylation is 1. The summed E-state index contributed by atoms with van der Waals surface area (Å²) in [5, 5.41) is 5.58. The highest BCUT2D eigenvalue weighted by molar-refractivity contribution is 5.89. The molecule has 1 saturated heterocycles. The highest BCUT2D eigenvalue weighted by Crippen LogP contribution is 2.32. The van der Waals surface area contributed by atoms with Gasteiger partial charge in [0.15, 0.2) is 5.82 Å². The number of hydrogen-bond donors (Lipinski definition) is 2. The van der Waals surface area contributed by atoms with Gasteiger partial charge in [0.1, 0.15) is 17.5 Å². The third kappa shape index (κ3) is 5.08. The lowest BCUT2D eigenvalue weighted by molar-refractivity contribution is 0.0984. The van der Waals surface area contributed by atoms with Crippen LogP contribution in [0.1, 0.15) is 30.9 Å². The van der Waals surface area contributed by atoms with Crippen LogP contribution in [0.25, 0.3) is 11.4 Å². The molecule has 1 atom stereocenters. The number of aromatic nitrogens is 4. The molecule has 2 aliphatic rings. The highest BCUT2D eigenvalue weighted by atomic mass is 16.5. The maximum absolute atomic E-state index is 11.9. The number of amides is 2. The Balaban J connectivity index is 1.50. The monoisotopic (exact) mass is 488 g/mol. The topological polar surface area (TPSA) is 108 Å². The first-order valence-corrected chi connectivity index (χ1v) is 12.5. The summed E-state index contributed by atoms with van der Waals surface area (Å²) < 4.78 is 5.69. The first-order valence-electron chi connectivity index (χ1n) is 12.5. The molecule has 4 heterocycles. The van der Waals surface area contributed by atoms with E-state index in [2.05, 4.69) is 37.3 Å². The molecule has 0 aliphatic carbocycles. The van der Waals surface area contributed by atoms with Crippen LogP contribution in [0.3, 0.4) is 0 Å². The Labute approximate surface area is 211 Å². The first kappa shape index (κ1) is 23.9. The molecule has 10 heteroatoms. The number of carbonyl (C=O) groups is 1. The lowest BCUT2D eigenvalue weighted by atomic mass is 10.0. The van der Waals surface area contributed by atoms with Crippen LogP contribution in [0.4, 0.5) is 22.1 Å². The van der Waals surface area contributed by atoms with Crippen molar-refractivity contribution in [1.29, 1.82) is 0 Å². The Bertz CT molecular complexity index is 1230. The van der Waals surface area contributed by atoms with Gasteiger partial charge in [0.2, 0.25) is 0 Å². The highest BCUT2D eigenvalue weighted by Gasteiger charge is 2.29. The Morgan fingerprint density at radius 2 is 1.97 bits per heavy atom. The molecule has 10 nitrogen and oxygen atoms in total. The smallest absolute Gasteiger partial charge is 0.319 e. The summed E-state index contributed by atoms with van der Waals surface area (Å²) >= 11 is 0. The molecule has 2 aromatic heterocycles. The predicted molar refractivity (Wildman–Crippen MR) is 139 cm³/mol. The third-order valence-corrected chi connectivity index (χ3v) is 6.51. The van der Waals surface area contributed by atoms with Crippen LogP contribution < -0.4 is 20.4 Å². The van der Waals surface area contributed by atoms with Crippen LogP contribution in [0.5, 0.6) is 0 Å². The number of morpholine rings is 1. The fourth-order valence-electron chi connectivity index (χ4n) is 4.67. The van der Waals surface area contributed by atoms with Crippen molar-refractivity contribution in [1.82, 2.24) is 25.3 Å². The molecule has 36 heavy (non-hydrogen) atoms. The molecule has 1 fully saturated rings. The van der Waals surface area contributed by atoms with Crippen molar-refractivity contribution in [3.05, 3.63) is 53.6 Å². The molecule has 1 aromatic carbocycles. The van der Waals surface area contributed by atoms with Gasteiger partial charge < -0.3 is 25.2 Å². The van der Waals surface area contributed by atoms with Gasteiger partial charge in [-0.2, -0.15) is 0 Å². The number of nitrogens with zero attached hydrogens (tertiary/aromatic N) is 6. The molecule has 3 aromatic rings. The number of hydrogen-bond acceptors (Lipinski definition) is 8. The van der Waals surface area contributed by atoms with Crippen LogP contribution in [0.2, 0.25) is 0 Å². The number of benzene rings is 1. The van der Waals surface area contributed by atoms with Crippen LogP contribution in [0, 0.1) is 6.92 Å². The van der Waals surface area contributed by atoms with E-state index in [0.717, 1.165) is 53.9 Å². The number of urea groups is 1. The van der Waals surface area contributed by atoms with Crippen molar-refractivity contribution in [2.24, 2.45) is 0 Å². The Morgan fingerprint density at radius 3 is 2.72 bits per heavy atom. The van der Waals surface area contributed by atoms with Crippen molar-refractivity contribution in [2.45, 2.75) is 39.8 Å². The van der Waals surface area contributed by atoms with E-state index in [1.807, 2.05) is 44.2 Å². The van der Waals surface area contributed by atoms with Gasteiger partial charge in [0, 0.05) is 42.6 Å². The Hall–Kier alpha value is -3.79. The molecule has 188 valence electrons. The second-order valence-electron chi connectivity index (χ2n) is 9.11. The summed E-state index contributed by atoms with van der Waals surface area (Å²) in [4.78, 5) is 35.4.